The van der Waals surface area contributed by atoms with Gasteiger partial charge in [0.2, 0.25) is 0 Å². The number of nitrogens with zero attached hydrogens (tertiary/aromatic N) is 1. The molecule has 21 heavy (non-hydrogen) atoms. The average molecular weight is 363 g/mol. The topological polar surface area (TPSA) is 59.1 Å². The molecule has 9 heteroatoms. The molecule has 1 N–H and O–H groups in total. The van der Waals surface area contributed by atoms with Crippen LogP contribution in [0.3, 0.4) is 0 Å². The van der Waals surface area contributed by atoms with Crippen molar-refractivity contribution in [3.8, 4) is 0 Å². The van der Waals surface area contributed by atoms with Gasteiger partial charge < -0.3 is 0 Å². The summed E-state index contributed by atoms with van der Waals surface area (Å²) in [6.45, 7) is 1.64. The Kier molecular flexibility index (Phi) is 3.64. The summed E-state index contributed by atoms with van der Waals surface area (Å²) < 4.78 is 41.4. The van der Waals surface area contributed by atoms with Gasteiger partial charge in [-0.15, -0.1) is 11.3 Å². The van der Waals surface area contributed by atoms with Crippen LogP contribution < -0.4 is 4.72 Å². The first-order valence-electron chi connectivity index (χ1n) is 5.70. The zero-order chi connectivity index (χ0) is 15.2. The number of hydrogen-bond acceptors (Lipinski definition) is 5. The number of aromatic nitrogens is 1. The van der Waals surface area contributed by atoms with Crippen molar-refractivity contribution in [2.24, 2.45) is 0 Å². The Morgan fingerprint density at radius 3 is 2.71 bits per heavy atom. The summed E-state index contributed by atoms with van der Waals surface area (Å²) in [6, 6.07) is 5.87. The van der Waals surface area contributed by atoms with Crippen molar-refractivity contribution >= 4 is 59.6 Å². The first kappa shape index (κ1) is 14.7. The maximum atomic E-state index is 13.5. The molecule has 0 radical (unpaired) electrons. The fourth-order valence-corrected chi connectivity index (χ4v) is 5.36. The lowest BCUT2D eigenvalue weighted by Gasteiger charge is -2.00. The van der Waals surface area contributed by atoms with E-state index in [1.54, 1.807) is 13.0 Å². The maximum Gasteiger partial charge on any atom is 0.273 e. The number of rotatable bonds is 3. The van der Waals surface area contributed by atoms with Crippen molar-refractivity contribution in [1.29, 1.82) is 0 Å². The average Bonchev–Trinajstić information content (AvgIpc) is 2.96. The summed E-state index contributed by atoms with van der Waals surface area (Å²) >= 11 is 7.85. The Morgan fingerprint density at radius 2 is 2.05 bits per heavy atom. The molecule has 0 fully saturated rings. The smallest absolute Gasteiger partial charge is 0.254 e. The molecule has 3 rings (SSSR count). The molecule has 0 saturated heterocycles. The Balaban J connectivity index is 1.98. The highest BCUT2D eigenvalue weighted by Gasteiger charge is 2.19. The van der Waals surface area contributed by atoms with Gasteiger partial charge in [0.15, 0.2) is 5.13 Å². The quantitative estimate of drug-likeness (QED) is 0.757. The van der Waals surface area contributed by atoms with Crippen molar-refractivity contribution in [3.63, 3.8) is 0 Å². The fraction of sp³-hybridized carbons (Fsp3) is 0.0833. The Bertz CT molecular complexity index is 894. The van der Waals surface area contributed by atoms with Crippen molar-refractivity contribution in [3.05, 3.63) is 40.0 Å². The summed E-state index contributed by atoms with van der Waals surface area (Å²) in [5, 5.41) is 0.194. The maximum absolute atomic E-state index is 13.5. The molecule has 2 aromatic heterocycles. The zero-order valence-electron chi connectivity index (χ0n) is 10.6. The number of nitrogens with one attached hydrogen (secondary N) is 1. The Labute approximate surface area is 133 Å². The minimum atomic E-state index is -3.72. The van der Waals surface area contributed by atoms with Crippen molar-refractivity contribution in [2.75, 3.05) is 4.72 Å². The van der Waals surface area contributed by atoms with Crippen LogP contribution in [0.1, 0.15) is 5.56 Å². The van der Waals surface area contributed by atoms with E-state index in [4.69, 9.17) is 11.6 Å². The number of halogens is 2. The van der Waals surface area contributed by atoms with Gasteiger partial charge in [-0.2, -0.15) is 0 Å². The van der Waals surface area contributed by atoms with Crippen LogP contribution in [0.5, 0.6) is 0 Å². The van der Waals surface area contributed by atoms with Crippen LogP contribution in [0, 0.1) is 12.7 Å². The minimum absolute atomic E-state index is 0.106. The van der Waals surface area contributed by atoms with Gasteiger partial charge in [-0.25, -0.2) is 17.8 Å². The van der Waals surface area contributed by atoms with E-state index in [9.17, 15) is 12.8 Å². The second kappa shape index (κ2) is 5.20. The van der Waals surface area contributed by atoms with Crippen LogP contribution in [0.2, 0.25) is 4.34 Å². The van der Waals surface area contributed by atoms with E-state index >= 15 is 0 Å². The molecule has 0 atom stereocenters. The molecule has 0 amide bonds. The predicted molar refractivity (Wildman–Crippen MR) is 84.5 cm³/mol. The summed E-state index contributed by atoms with van der Waals surface area (Å²) in [5.74, 6) is -0.368. The standard InChI is InChI=1S/C12H8ClFN2O2S3/c1-6-4-9-8(5-7(6)14)15-12(19-9)16-21(17,18)11-3-2-10(13)20-11/h2-5H,1H3,(H,15,16). The van der Waals surface area contributed by atoms with Crippen LogP contribution in [-0.4, -0.2) is 13.4 Å². The number of thiophene rings is 1. The molecule has 110 valence electrons. The summed E-state index contributed by atoms with van der Waals surface area (Å²) in [5.41, 5.74) is 0.913. The molecule has 0 unspecified atom stereocenters. The van der Waals surface area contributed by atoms with Gasteiger partial charge in [-0.3, -0.25) is 4.72 Å². The third-order valence-corrected chi connectivity index (χ3v) is 6.83. The third-order valence-electron chi connectivity index (χ3n) is 2.70. The van der Waals surface area contributed by atoms with Gasteiger partial charge in [0.05, 0.1) is 14.6 Å². The summed E-state index contributed by atoms with van der Waals surface area (Å²) in [6.07, 6.45) is 0. The monoisotopic (exact) mass is 362 g/mol. The number of hydrogen-bond donors (Lipinski definition) is 1. The van der Waals surface area contributed by atoms with Gasteiger partial charge in [-0.1, -0.05) is 22.9 Å². The van der Waals surface area contributed by atoms with E-state index in [2.05, 4.69) is 9.71 Å². The molecule has 0 aliphatic rings. The first-order valence-corrected chi connectivity index (χ1v) is 9.19. The van der Waals surface area contributed by atoms with Gasteiger partial charge >= 0.3 is 0 Å². The number of anilines is 1. The third kappa shape index (κ3) is 2.89. The van der Waals surface area contributed by atoms with Crippen molar-refractivity contribution in [1.82, 2.24) is 4.98 Å². The molecule has 0 spiro atoms. The van der Waals surface area contributed by atoms with Crippen LogP contribution in [0.4, 0.5) is 9.52 Å². The highest BCUT2D eigenvalue weighted by molar-refractivity contribution is 7.95. The van der Waals surface area contributed by atoms with E-state index in [0.717, 1.165) is 27.4 Å². The molecule has 4 nitrogen and oxygen atoms in total. The number of benzene rings is 1. The summed E-state index contributed by atoms with van der Waals surface area (Å²) in [7, 11) is -3.72. The highest BCUT2D eigenvalue weighted by Crippen LogP contribution is 2.31. The first-order chi connectivity index (χ1) is 9.85. The molecular weight excluding hydrogens is 355 g/mol. The number of sulfonamides is 1. The van der Waals surface area contributed by atoms with E-state index in [1.165, 1.54) is 18.2 Å². The highest BCUT2D eigenvalue weighted by atomic mass is 35.5. The predicted octanol–water partition coefficient (Wildman–Crippen LogP) is 4.26. The van der Waals surface area contributed by atoms with Crippen molar-refractivity contribution < 1.29 is 12.8 Å². The molecule has 0 aliphatic heterocycles. The van der Waals surface area contributed by atoms with Crippen LogP contribution in [-0.2, 0) is 10.0 Å². The Hall–Kier alpha value is -1.22. The van der Waals surface area contributed by atoms with Gasteiger partial charge in [-0.05, 0) is 30.7 Å². The zero-order valence-corrected chi connectivity index (χ0v) is 13.8. The molecule has 3 aromatic rings. The molecule has 1 aromatic carbocycles. The van der Waals surface area contributed by atoms with E-state index < -0.39 is 10.0 Å². The largest absolute Gasteiger partial charge is 0.273 e. The SMILES string of the molecule is Cc1cc2sc(NS(=O)(=O)c3ccc(Cl)s3)nc2cc1F. The van der Waals surface area contributed by atoms with E-state index in [0.29, 0.717) is 15.4 Å². The van der Waals surface area contributed by atoms with E-state index in [1.807, 2.05) is 0 Å². The second-order valence-corrected chi connectivity index (χ2v) is 8.91. The second-order valence-electron chi connectivity index (χ2n) is 4.25. The normalized spacial score (nSPS) is 12.0. The lowest BCUT2D eigenvalue weighted by atomic mass is 10.2. The Morgan fingerprint density at radius 1 is 1.29 bits per heavy atom. The number of aryl methyl sites for hydroxylation is 1. The van der Waals surface area contributed by atoms with Crippen LogP contribution in [0.15, 0.2) is 28.5 Å². The fourth-order valence-electron chi connectivity index (χ4n) is 1.70. The molecular formula is C12H8ClFN2O2S3. The molecule has 0 bridgehead atoms. The van der Waals surface area contributed by atoms with Gasteiger partial charge in [0, 0.05) is 6.07 Å². The van der Waals surface area contributed by atoms with Gasteiger partial charge in [0.25, 0.3) is 10.0 Å². The van der Waals surface area contributed by atoms with Gasteiger partial charge in [0.1, 0.15) is 10.0 Å². The van der Waals surface area contributed by atoms with Crippen molar-refractivity contribution in [2.45, 2.75) is 11.1 Å². The summed E-state index contributed by atoms with van der Waals surface area (Å²) in [4.78, 5) is 4.09. The molecule has 0 saturated carbocycles. The number of thiazole rings is 1. The molecule has 2 heterocycles. The van der Waals surface area contributed by atoms with Crippen LogP contribution in [0.25, 0.3) is 10.2 Å². The number of fused-ring (bicyclic) bond motifs is 1. The van der Waals surface area contributed by atoms with Crippen LogP contribution >= 0.6 is 34.3 Å². The minimum Gasteiger partial charge on any atom is -0.254 e. The molecule has 0 aliphatic carbocycles. The van der Waals surface area contributed by atoms with E-state index in [-0.39, 0.29) is 15.2 Å². The lowest BCUT2D eigenvalue weighted by molar-refractivity contribution is 0.603. The lowest BCUT2D eigenvalue weighted by Crippen LogP contribution is -2.10.